The molecule has 0 aliphatic carbocycles. The maximum Gasteiger partial charge on any atom is 0.330 e. The highest BCUT2D eigenvalue weighted by atomic mass is 35.5. The SMILES string of the molecule is CCOC(=O)C=CC(=O)Nc1ccc(C)c(Cl)c1. The summed E-state index contributed by atoms with van der Waals surface area (Å²) in [7, 11) is 0. The van der Waals surface area contributed by atoms with E-state index in [9.17, 15) is 9.59 Å². The molecule has 4 nitrogen and oxygen atoms in total. The summed E-state index contributed by atoms with van der Waals surface area (Å²) in [5.74, 6) is -0.961. The second-order valence-corrected chi connectivity index (χ2v) is 3.95. The molecule has 1 aromatic rings. The number of hydrogen-bond acceptors (Lipinski definition) is 3. The van der Waals surface area contributed by atoms with Gasteiger partial charge in [-0.25, -0.2) is 4.79 Å². The highest BCUT2D eigenvalue weighted by Crippen LogP contribution is 2.19. The molecule has 1 aromatic carbocycles. The molecular weight excluding hydrogens is 254 g/mol. The molecule has 0 aliphatic rings. The van der Waals surface area contributed by atoms with Crippen molar-refractivity contribution in [1.82, 2.24) is 0 Å². The predicted molar refractivity (Wildman–Crippen MR) is 70.6 cm³/mol. The van der Waals surface area contributed by atoms with E-state index in [0.717, 1.165) is 17.7 Å². The summed E-state index contributed by atoms with van der Waals surface area (Å²) in [6, 6.07) is 5.18. The Morgan fingerprint density at radius 3 is 2.72 bits per heavy atom. The van der Waals surface area contributed by atoms with Gasteiger partial charge in [-0.3, -0.25) is 4.79 Å². The number of hydrogen-bond donors (Lipinski definition) is 1. The Kier molecular flexibility index (Phi) is 5.39. The Labute approximate surface area is 111 Å². The van der Waals surface area contributed by atoms with E-state index in [1.807, 2.05) is 6.92 Å². The van der Waals surface area contributed by atoms with Gasteiger partial charge in [-0.2, -0.15) is 0 Å². The summed E-state index contributed by atoms with van der Waals surface area (Å²) in [5.41, 5.74) is 1.50. The topological polar surface area (TPSA) is 55.4 Å². The molecule has 0 radical (unpaired) electrons. The van der Waals surface area contributed by atoms with Crippen molar-refractivity contribution in [2.24, 2.45) is 0 Å². The summed E-state index contributed by atoms with van der Waals surface area (Å²) >= 11 is 5.92. The van der Waals surface area contributed by atoms with Crippen molar-refractivity contribution in [3.05, 3.63) is 40.9 Å². The zero-order valence-electron chi connectivity index (χ0n) is 10.2. The van der Waals surface area contributed by atoms with Crippen LogP contribution in [0, 0.1) is 6.92 Å². The molecule has 0 bridgehead atoms. The van der Waals surface area contributed by atoms with Crippen molar-refractivity contribution in [3.8, 4) is 0 Å². The van der Waals surface area contributed by atoms with Gasteiger partial charge >= 0.3 is 5.97 Å². The molecule has 18 heavy (non-hydrogen) atoms. The van der Waals surface area contributed by atoms with Crippen LogP contribution in [0.1, 0.15) is 12.5 Å². The van der Waals surface area contributed by atoms with Crippen LogP contribution < -0.4 is 5.32 Å². The normalized spacial score (nSPS) is 10.4. The monoisotopic (exact) mass is 267 g/mol. The molecule has 0 atom stereocenters. The fourth-order valence-corrected chi connectivity index (χ4v) is 1.37. The van der Waals surface area contributed by atoms with Gasteiger partial charge in [0.05, 0.1) is 6.61 Å². The number of anilines is 1. The molecule has 0 aliphatic heterocycles. The van der Waals surface area contributed by atoms with Gasteiger partial charge in [-0.1, -0.05) is 17.7 Å². The molecule has 0 unspecified atom stereocenters. The smallest absolute Gasteiger partial charge is 0.330 e. The van der Waals surface area contributed by atoms with Gasteiger partial charge < -0.3 is 10.1 Å². The molecular formula is C13H14ClNO3. The van der Waals surface area contributed by atoms with Crippen LogP contribution in [0.2, 0.25) is 5.02 Å². The van der Waals surface area contributed by atoms with Crippen LogP contribution in [0.4, 0.5) is 5.69 Å². The molecule has 0 heterocycles. The fraction of sp³-hybridized carbons (Fsp3) is 0.231. The van der Waals surface area contributed by atoms with Gasteiger partial charge in [0.2, 0.25) is 5.91 Å². The fourth-order valence-electron chi connectivity index (χ4n) is 1.19. The third-order valence-corrected chi connectivity index (χ3v) is 2.50. The molecule has 96 valence electrons. The number of nitrogens with one attached hydrogen (secondary N) is 1. The lowest BCUT2D eigenvalue weighted by atomic mass is 10.2. The molecule has 0 spiro atoms. The molecule has 1 rings (SSSR count). The summed E-state index contributed by atoms with van der Waals surface area (Å²) in [5, 5.41) is 3.16. The third-order valence-electron chi connectivity index (χ3n) is 2.10. The lowest BCUT2D eigenvalue weighted by molar-refractivity contribution is -0.137. The van der Waals surface area contributed by atoms with Crippen LogP contribution in [0.15, 0.2) is 30.4 Å². The quantitative estimate of drug-likeness (QED) is 0.674. The van der Waals surface area contributed by atoms with E-state index in [4.69, 9.17) is 11.6 Å². The summed E-state index contributed by atoms with van der Waals surface area (Å²) in [6.45, 7) is 3.84. The molecule has 1 N–H and O–H groups in total. The number of halogens is 1. The first kappa shape index (κ1) is 14.3. The van der Waals surface area contributed by atoms with E-state index in [1.54, 1.807) is 25.1 Å². The van der Waals surface area contributed by atoms with Crippen LogP contribution >= 0.6 is 11.6 Å². The van der Waals surface area contributed by atoms with E-state index in [0.29, 0.717) is 10.7 Å². The van der Waals surface area contributed by atoms with Crippen LogP contribution in [0.5, 0.6) is 0 Å². The number of carbonyl (C=O) groups excluding carboxylic acids is 2. The lowest BCUT2D eigenvalue weighted by Gasteiger charge is -2.04. The van der Waals surface area contributed by atoms with Gasteiger partial charge in [0.1, 0.15) is 0 Å². The maximum atomic E-state index is 11.5. The van der Waals surface area contributed by atoms with E-state index in [-0.39, 0.29) is 6.61 Å². The molecule has 5 heteroatoms. The first-order valence-electron chi connectivity index (χ1n) is 5.45. The summed E-state index contributed by atoms with van der Waals surface area (Å²) < 4.78 is 4.65. The van der Waals surface area contributed by atoms with Gasteiger partial charge in [0, 0.05) is 22.9 Å². The van der Waals surface area contributed by atoms with Crippen LogP contribution in [0.3, 0.4) is 0 Å². The zero-order chi connectivity index (χ0) is 13.5. The van der Waals surface area contributed by atoms with Gasteiger partial charge in [-0.05, 0) is 31.5 Å². The van der Waals surface area contributed by atoms with E-state index < -0.39 is 11.9 Å². The standard InChI is InChI=1S/C13H14ClNO3/c1-3-18-13(17)7-6-12(16)15-10-5-4-9(2)11(14)8-10/h4-8H,3H2,1-2H3,(H,15,16). The van der Waals surface area contributed by atoms with Crippen molar-refractivity contribution < 1.29 is 14.3 Å². The molecule has 0 saturated carbocycles. The third kappa shape index (κ3) is 4.59. The van der Waals surface area contributed by atoms with E-state index in [2.05, 4.69) is 10.1 Å². The van der Waals surface area contributed by atoms with Crippen molar-refractivity contribution >= 4 is 29.2 Å². The molecule has 0 saturated heterocycles. The Balaban J connectivity index is 2.59. The molecule has 0 fully saturated rings. The van der Waals surface area contributed by atoms with E-state index >= 15 is 0 Å². The van der Waals surface area contributed by atoms with Gasteiger partial charge in [0.15, 0.2) is 0 Å². The minimum atomic E-state index is -0.547. The lowest BCUT2D eigenvalue weighted by Crippen LogP contribution is -2.09. The number of amides is 1. The predicted octanol–water partition coefficient (Wildman–Crippen LogP) is 2.71. The first-order chi connectivity index (χ1) is 8.52. The van der Waals surface area contributed by atoms with Gasteiger partial charge in [0.25, 0.3) is 0 Å². The average Bonchev–Trinajstić information content (AvgIpc) is 2.32. The minimum Gasteiger partial charge on any atom is -0.463 e. The second-order valence-electron chi connectivity index (χ2n) is 3.54. The highest BCUT2D eigenvalue weighted by Gasteiger charge is 2.02. The highest BCUT2D eigenvalue weighted by molar-refractivity contribution is 6.31. The number of carbonyl (C=O) groups is 2. The summed E-state index contributed by atoms with van der Waals surface area (Å²) in [4.78, 5) is 22.5. The number of esters is 1. The second kappa shape index (κ2) is 6.81. The number of aryl methyl sites for hydroxylation is 1. The largest absolute Gasteiger partial charge is 0.463 e. The van der Waals surface area contributed by atoms with Crippen molar-refractivity contribution in [1.29, 1.82) is 0 Å². The summed E-state index contributed by atoms with van der Waals surface area (Å²) in [6.07, 6.45) is 2.19. The van der Waals surface area contributed by atoms with Crippen molar-refractivity contribution in [2.45, 2.75) is 13.8 Å². The van der Waals surface area contributed by atoms with Crippen molar-refractivity contribution in [3.63, 3.8) is 0 Å². The molecule has 0 aromatic heterocycles. The first-order valence-corrected chi connectivity index (χ1v) is 5.82. The van der Waals surface area contributed by atoms with Crippen LogP contribution in [-0.2, 0) is 14.3 Å². The minimum absolute atomic E-state index is 0.276. The van der Waals surface area contributed by atoms with Gasteiger partial charge in [-0.15, -0.1) is 0 Å². The van der Waals surface area contributed by atoms with E-state index in [1.165, 1.54) is 0 Å². The maximum absolute atomic E-state index is 11.5. The van der Waals surface area contributed by atoms with Crippen LogP contribution in [0.25, 0.3) is 0 Å². The number of benzene rings is 1. The number of ether oxygens (including phenoxy) is 1. The Morgan fingerprint density at radius 2 is 2.11 bits per heavy atom. The Hall–Kier alpha value is -1.81. The molecule has 1 amide bonds. The number of rotatable bonds is 4. The average molecular weight is 268 g/mol. The Morgan fingerprint density at radius 1 is 1.39 bits per heavy atom. The van der Waals surface area contributed by atoms with Crippen molar-refractivity contribution in [2.75, 3.05) is 11.9 Å². The zero-order valence-corrected chi connectivity index (χ0v) is 11.0. The Bertz CT molecular complexity index is 483. The van der Waals surface area contributed by atoms with Crippen LogP contribution in [-0.4, -0.2) is 18.5 Å².